The molecule has 3 rings (SSSR count). The Labute approximate surface area is 132 Å². The van der Waals surface area contributed by atoms with Gasteiger partial charge in [0.05, 0.1) is 0 Å². The van der Waals surface area contributed by atoms with Gasteiger partial charge in [-0.05, 0) is 32.6 Å². The molecule has 5 nitrogen and oxygen atoms in total. The first kappa shape index (κ1) is 15.0. The number of allylic oxidation sites excluding steroid dienone is 2. The summed E-state index contributed by atoms with van der Waals surface area (Å²) < 4.78 is 0. The fourth-order valence-electron chi connectivity index (χ4n) is 3.23. The maximum Gasteiger partial charge on any atom is 0.223 e. The molecule has 1 amide bonds. The van der Waals surface area contributed by atoms with Crippen LogP contribution < -0.4 is 4.90 Å². The van der Waals surface area contributed by atoms with E-state index >= 15 is 0 Å². The van der Waals surface area contributed by atoms with Gasteiger partial charge in [0, 0.05) is 43.9 Å². The molecular formula is C17H24N4O. The highest BCUT2D eigenvalue weighted by Crippen LogP contribution is 2.23. The quantitative estimate of drug-likeness (QED) is 0.802. The zero-order valence-corrected chi connectivity index (χ0v) is 13.5. The summed E-state index contributed by atoms with van der Waals surface area (Å²) in [6.45, 7) is 7.35. The predicted octanol–water partition coefficient (Wildman–Crippen LogP) is 2.10. The summed E-state index contributed by atoms with van der Waals surface area (Å²) in [4.78, 5) is 25.3. The van der Waals surface area contributed by atoms with Crippen molar-refractivity contribution in [3.8, 4) is 0 Å². The lowest BCUT2D eigenvalue weighted by atomic mass is 10.0. The Hall–Kier alpha value is -1.91. The summed E-state index contributed by atoms with van der Waals surface area (Å²) >= 11 is 0. The van der Waals surface area contributed by atoms with Crippen molar-refractivity contribution >= 4 is 11.7 Å². The molecule has 1 saturated heterocycles. The van der Waals surface area contributed by atoms with Crippen LogP contribution in [0.5, 0.6) is 0 Å². The third-order valence-electron chi connectivity index (χ3n) is 4.79. The highest BCUT2D eigenvalue weighted by atomic mass is 16.2. The van der Waals surface area contributed by atoms with E-state index < -0.39 is 0 Å². The topological polar surface area (TPSA) is 49.3 Å². The van der Waals surface area contributed by atoms with Crippen molar-refractivity contribution in [1.82, 2.24) is 14.9 Å². The number of nitrogens with zero attached hydrogens (tertiary/aromatic N) is 4. The smallest absolute Gasteiger partial charge is 0.223 e. The number of piperazine rings is 1. The predicted molar refractivity (Wildman–Crippen MR) is 86.8 cm³/mol. The Kier molecular flexibility index (Phi) is 4.41. The van der Waals surface area contributed by atoms with Crippen LogP contribution in [0, 0.1) is 19.8 Å². The number of aromatic nitrogens is 2. The number of anilines is 1. The minimum absolute atomic E-state index is 0.298. The van der Waals surface area contributed by atoms with Crippen LogP contribution in [0.15, 0.2) is 18.5 Å². The molecule has 5 heteroatoms. The van der Waals surface area contributed by atoms with Crippen molar-refractivity contribution in [2.24, 2.45) is 5.92 Å². The molecule has 0 saturated carbocycles. The zero-order chi connectivity index (χ0) is 15.5. The SMILES string of the molecule is Cc1ncnc(N2CCN(C(=O)C[C@H]3C=CCC3)CC2)c1C. The van der Waals surface area contributed by atoms with Crippen molar-refractivity contribution < 1.29 is 4.79 Å². The minimum atomic E-state index is 0.298. The number of carbonyl (C=O) groups excluding carboxylic acids is 1. The molecule has 1 fully saturated rings. The molecule has 0 unspecified atom stereocenters. The molecule has 0 N–H and O–H groups in total. The van der Waals surface area contributed by atoms with Gasteiger partial charge in [-0.3, -0.25) is 4.79 Å². The van der Waals surface area contributed by atoms with Gasteiger partial charge < -0.3 is 9.80 Å². The summed E-state index contributed by atoms with van der Waals surface area (Å²) in [6, 6.07) is 0. The van der Waals surface area contributed by atoms with Crippen LogP contribution in [0.4, 0.5) is 5.82 Å². The highest BCUT2D eigenvalue weighted by Gasteiger charge is 2.25. The Morgan fingerprint density at radius 1 is 1.23 bits per heavy atom. The molecule has 1 aromatic heterocycles. The maximum atomic E-state index is 12.4. The van der Waals surface area contributed by atoms with Crippen molar-refractivity contribution in [1.29, 1.82) is 0 Å². The number of hydrogen-bond donors (Lipinski definition) is 0. The Morgan fingerprint density at radius 2 is 2.00 bits per heavy atom. The minimum Gasteiger partial charge on any atom is -0.353 e. The van der Waals surface area contributed by atoms with E-state index in [1.807, 2.05) is 11.8 Å². The van der Waals surface area contributed by atoms with E-state index in [4.69, 9.17) is 0 Å². The normalized spacial score (nSPS) is 21.5. The molecule has 0 bridgehead atoms. The summed E-state index contributed by atoms with van der Waals surface area (Å²) in [5.74, 6) is 1.77. The summed E-state index contributed by atoms with van der Waals surface area (Å²) in [5.41, 5.74) is 2.16. The first-order valence-electron chi connectivity index (χ1n) is 8.12. The van der Waals surface area contributed by atoms with Gasteiger partial charge >= 0.3 is 0 Å². The van der Waals surface area contributed by atoms with Gasteiger partial charge in [-0.15, -0.1) is 0 Å². The lowest BCUT2D eigenvalue weighted by Crippen LogP contribution is -2.49. The average molecular weight is 300 g/mol. The van der Waals surface area contributed by atoms with Gasteiger partial charge in [0.15, 0.2) is 0 Å². The van der Waals surface area contributed by atoms with Crippen molar-refractivity contribution in [2.75, 3.05) is 31.1 Å². The van der Waals surface area contributed by atoms with Crippen LogP contribution in [0.1, 0.15) is 30.5 Å². The molecule has 118 valence electrons. The van der Waals surface area contributed by atoms with Crippen molar-refractivity contribution in [3.05, 3.63) is 29.7 Å². The molecule has 0 radical (unpaired) electrons. The molecule has 1 aliphatic carbocycles. The van der Waals surface area contributed by atoms with Gasteiger partial charge in [0.2, 0.25) is 5.91 Å². The molecule has 0 spiro atoms. The van der Waals surface area contributed by atoms with Gasteiger partial charge in [0.25, 0.3) is 0 Å². The summed E-state index contributed by atoms with van der Waals surface area (Å²) in [7, 11) is 0. The number of hydrogen-bond acceptors (Lipinski definition) is 4. The van der Waals surface area contributed by atoms with Gasteiger partial charge in [-0.2, -0.15) is 0 Å². The highest BCUT2D eigenvalue weighted by molar-refractivity contribution is 5.77. The molecule has 1 atom stereocenters. The molecule has 0 aromatic carbocycles. The molecular weight excluding hydrogens is 276 g/mol. The van der Waals surface area contributed by atoms with Gasteiger partial charge in [-0.25, -0.2) is 9.97 Å². The number of carbonyl (C=O) groups is 1. The standard InChI is InChI=1S/C17H24N4O/c1-13-14(2)18-12-19-17(13)21-9-7-20(8-10-21)16(22)11-15-5-3-4-6-15/h3,5,12,15H,4,6-11H2,1-2H3/t15-/m0/s1. The third-order valence-corrected chi connectivity index (χ3v) is 4.79. The van der Waals surface area contributed by atoms with Crippen LogP contribution in [0.25, 0.3) is 0 Å². The zero-order valence-electron chi connectivity index (χ0n) is 13.5. The lowest BCUT2D eigenvalue weighted by molar-refractivity contribution is -0.132. The third kappa shape index (κ3) is 3.13. The largest absolute Gasteiger partial charge is 0.353 e. The van der Waals surface area contributed by atoms with E-state index in [0.29, 0.717) is 18.2 Å². The van der Waals surface area contributed by atoms with Gasteiger partial charge in [-0.1, -0.05) is 12.2 Å². The Bertz CT molecular complexity index is 576. The van der Waals surface area contributed by atoms with Gasteiger partial charge in [0.1, 0.15) is 12.1 Å². The van der Waals surface area contributed by atoms with Crippen LogP contribution in [-0.4, -0.2) is 47.0 Å². The first-order valence-corrected chi connectivity index (χ1v) is 8.12. The lowest BCUT2D eigenvalue weighted by Gasteiger charge is -2.36. The van der Waals surface area contributed by atoms with Crippen molar-refractivity contribution in [3.63, 3.8) is 0 Å². The monoisotopic (exact) mass is 300 g/mol. The summed E-state index contributed by atoms with van der Waals surface area (Å²) in [5, 5.41) is 0. The Balaban J connectivity index is 1.56. The fraction of sp³-hybridized carbons (Fsp3) is 0.588. The second-order valence-corrected chi connectivity index (χ2v) is 6.25. The fourth-order valence-corrected chi connectivity index (χ4v) is 3.23. The van der Waals surface area contributed by atoms with E-state index in [0.717, 1.165) is 56.1 Å². The van der Waals surface area contributed by atoms with E-state index in [1.165, 1.54) is 0 Å². The number of rotatable bonds is 3. The van der Waals surface area contributed by atoms with Crippen LogP contribution >= 0.6 is 0 Å². The van der Waals surface area contributed by atoms with Crippen LogP contribution in [-0.2, 0) is 4.79 Å². The maximum absolute atomic E-state index is 12.4. The molecule has 1 aromatic rings. The van der Waals surface area contributed by atoms with E-state index in [1.54, 1.807) is 6.33 Å². The second kappa shape index (κ2) is 6.46. The average Bonchev–Trinajstić information content (AvgIpc) is 3.03. The summed E-state index contributed by atoms with van der Waals surface area (Å²) in [6.07, 6.45) is 8.93. The van der Waals surface area contributed by atoms with E-state index in [-0.39, 0.29) is 0 Å². The molecule has 2 aliphatic rings. The molecule has 2 heterocycles. The van der Waals surface area contributed by atoms with Crippen molar-refractivity contribution in [2.45, 2.75) is 33.1 Å². The molecule has 1 aliphatic heterocycles. The number of amides is 1. The van der Waals surface area contributed by atoms with Crippen LogP contribution in [0.3, 0.4) is 0 Å². The van der Waals surface area contributed by atoms with Crippen LogP contribution in [0.2, 0.25) is 0 Å². The number of aryl methyl sites for hydroxylation is 1. The molecule has 22 heavy (non-hydrogen) atoms. The van der Waals surface area contributed by atoms with E-state index in [9.17, 15) is 4.79 Å². The van der Waals surface area contributed by atoms with E-state index in [2.05, 4.69) is 33.9 Å². The Morgan fingerprint density at radius 3 is 2.68 bits per heavy atom. The first-order chi connectivity index (χ1) is 10.6. The second-order valence-electron chi connectivity index (χ2n) is 6.25.